The second-order valence-electron chi connectivity index (χ2n) is 4.81. The minimum absolute atomic E-state index is 0.0160. The molecule has 5 nitrogen and oxygen atoms in total. The summed E-state index contributed by atoms with van der Waals surface area (Å²) in [5, 5.41) is -0.594. The van der Waals surface area contributed by atoms with Crippen molar-refractivity contribution >= 4 is 20.9 Å². The first kappa shape index (κ1) is 12.4. The SMILES string of the molecule is O=c1[nH]c2cccc(F)c2n1CC1CCCS1(=O)=O. The number of rotatable bonds is 2. The molecule has 7 heteroatoms. The molecule has 0 radical (unpaired) electrons. The number of aromatic amines is 1. The lowest BCUT2D eigenvalue weighted by Crippen LogP contribution is -2.28. The molecule has 0 aliphatic carbocycles. The van der Waals surface area contributed by atoms with Crippen molar-refractivity contribution in [3.8, 4) is 0 Å². The van der Waals surface area contributed by atoms with E-state index >= 15 is 0 Å². The second-order valence-corrected chi connectivity index (χ2v) is 7.21. The molecule has 1 fully saturated rings. The third-order valence-corrected chi connectivity index (χ3v) is 5.85. The van der Waals surface area contributed by atoms with Crippen LogP contribution in [0.5, 0.6) is 0 Å². The van der Waals surface area contributed by atoms with Crippen molar-refractivity contribution in [2.45, 2.75) is 24.6 Å². The van der Waals surface area contributed by atoms with Gasteiger partial charge < -0.3 is 4.98 Å². The number of H-pyrrole nitrogens is 1. The molecule has 1 aromatic heterocycles. The van der Waals surface area contributed by atoms with Crippen molar-refractivity contribution in [1.82, 2.24) is 9.55 Å². The van der Waals surface area contributed by atoms with Gasteiger partial charge in [0.25, 0.3) is 0 Å². The highest BCUT2D eigenvalue weighted by Crippen LogP contribution is 2.23. The van der Waals surface area contributed by atoms with E-state index in [1.54, 1.807) is 6.07 Å². The lowest BCUT2D eigenvalue weighted by atomic mass is 10.2. The fourth-order valence-corrected chi connectivity index (χ4v) is 4.42. The fraction of sp³-hybridized carbons (Fsp3) is 0.417. The van der Waals surface area contributed by atoms with Gasteiger partial charge in [0, 0.05) is 6.54 Å². The van der Waals surface area contributed by atoms with Crippen LogP contribution in [0.2, 0.25) is 0 Å². The zero-order valence-corrected chi connectivity index (χ0v) is 10.9. The number of para-hydroxylation sites is 1. The van der Waals surface area contributed by atoms with Crippen LogP contribution < -0.4 is 5.69 Å². The number of fused-ring (bicyclic) bond motifs is 1. The Morgan fingerprint density at radius 2 is 2.21 bits per heavy atom. The second kappa shape index (κ2) is 4.19. The number of nitrogens with zero attached hydrogens (tertiary/aromatic N) is 1. The smallest absolute Gasteiger partial charge is 0.305 e. The van der Waals surface area contributed by atoms with Crippen LogP contribution in [0.4, 0.5) is 4.39 Å². The Labute approximate surface area is 109 Å². The molecular weight excluding hydrogens is 271 g/mol. The van der Waals surface area contributed by atoms with E-state index in [9.17, 15) is 17.6 Å². The zero-order valence-electron chi connectivity index (χ0n) is 10.1. The van der Waals surface area contributed by atoms with E-state index < -0.39 is 26.6 Å². The Hall–Kier alpha value is -1.63. The lowest BCUT2D eigenvalue weighted by molar-refractivity contribution is 0.560. The highest BCUT2D eigenvalue weighted by Gasteiger charge is 2.32. The Bertz CT molecular complexity index is 791. The zero-order chi connectivity index (χ0) is 13.6. The summed E-state index contributed by atoms with van der Waals surface area (Å²) in [6, 6.07) is 4.36. The number of sulfone groups is 1. The quantitative estimate of drug-likeness (QED) is 0.896. The molecule has 1 N–H and O–H groups in total. The van der Waals surface area contributed by atoms with Crippen LogP contribution in [0.25, 0.3) is 11.0 Å². The van der Waals surface area contributed by atoms with Gasteiger partial charge in [0.1, 0.15) is 11.3 Å². The van der Waals surface area contributed by atoms with E-state index in [-0.39, 0.29) is 17.8 Å². The molecule has 2 aromatic rings. The highest BCUT2D eigenvalue weighted by atomic mass is 32.2. The summed E-state index contributed by atoms with van der Waals surface area (Å²) in [6.07, 6.45) is 1.13. The molecule has 0 saturated carbocycles. The molecule has 1 aliphatic rings. The first-order chi connectivity index (χ1) is 8.99. The average molecular weight is 284 g/mol. The van der Waals surface area contributed by atoms with Gasteiger partial charge in [-0.25, -0.2) is 17.6 Å². The number of hydrogen-bond acceptors (Lipinski definition) is 3. The molecule has 1 saturated heterocycles. The van der Waals surface area contributed by atoms with Crippen LogP contribution in [0.3, 0.4) is 0 Å². The summed E-state index contributed by atoms with van der Waals surface area (Å²) < 4.78 is 38.6. The first-order valence-electron chi connectivity index (χ1n) is 6.07. The van der Waals surface area contributed by atoms with Crippen LogP contribution in [0.15, 0.2) is 23.0 Å². The standard InChI is InChI=1S/C12H13FN2O3S/c13-9-4-1-5-10-11(9)15(12(16)14-10)7-8-3-2-6-19(8,17)18/h1,4-5,8H,2-3,6-7H2,(H,14,16). The number of nitrogens with one attached hydrogen (secondary N) is 1. The maximum Gasteiger partial charge on any atom is 0.326 e. The van der Waals surface area contributed by atoms with Gasteiger partial charge >= 0.3 is 5.69 Å². The van der Waals surface area contributed by atoms with Crippen molar-refractivity contribution in [1.29, 1.82) is 0 Å². The topological polar surface area (TPSA) is 71.9 Å². The van der Waals surface area contributed by atoms with Gasteiger partial charge in [-0.15, -0.1) is 0 Å². The molecule has 1 unspecified atom stereocenters. The minimum atomic E-state index is -3.16. The van der Waals surface area contributed by atoms with E-state index in [1.807, 2.05) is 0 Å². The van der Waals surface area contributed by atoms with Crippen molar-refractivity contribution in [3.05, 3.63) is 34.5 Å². The van der Waals surface area contributed by atoms with Crippen LogP contribution in [-0.2, 0) is 16.4 Å². The van der Waals surface area contributed by atoms with E-state index in [1.165, 1.54) is 16.7 Å². The molecule has 0 bridgehead atoms. The summed E-state index contributed by atoms with van der Waals surface area (Å²) in [7, 11) is -3.16. The lowest BCUT2D eigenvalue weighted by Gasteiger charge is -2.10. The fourth-order valence-electron chi connectivity index (χ4n) is 2.62. The van der Waals surface area contributed by atoms with Gasteiger partial charge in [-0.1, -0.05) is 6.07 Å². The molecule has 1 atom stereocenters. The van der Waals surface area contributed by atoms with Crippen LogP contribution in [0.1, 0.15) is 12.8 Å². The summed E-state index contributed by atoms with van der Waals surface area (Å²) >= 11 is 0. The number of hydrogen-bond donors (Lipinski definition) is 1. The maximum absolute atomic E-state index is 13.8. The van der Waals surface area contributed by atoms with Gasteiger partial charge in [0.2, 0.25) is 0 Å². The highest BCUT2D eigenvalue weighted by molar-refractivity contribution is 7.92. The molecular formula is C12H13FN2O3S. The molecule has 1 aromatic carbocycles. The van der Waals surface area contributed by atoms with Crippen molar-refractivity contribution in [2.75, 3.05) is 5.75 Å². The number of aromatic nitrogens is 2. The molecule has 102 valence electrons. The van der Waals surface area contributed by atoms with E-state index in [2.05, 4.69) is 4.98 Å². The Kier molecular flexibility index (Phi) is 2.74. The molecule has 0 amide bonds. The molecule has 2 heterocycles. The molecule has 19 heavy (non-hydrogen) atoms. The van der Waals surface area contributed by atoms with E-state index in [0.29, 0.717) is 18.4 Å². The third-order valence-electron chi connectivity index (χ3n) is 3.59. The Morgan fingerprint density at radius 1 is 1.42 bits per heavy atom. The number of benzene rings is 1. The Balaban J connectivity index is 2.11. The number of halogens is 1. The largest absolute Gasteiger partial charge is 0.326 e. The van der Waals surface area contributed by atoms with Crippen molar-refractivity contribution in [3.63, 3.8) is 0 Å². The Morgan fingerprint density at radius 3 is 2.89 bits per heavy atom. The maximum atomic E-state index is 13.8. The van der Waals surface area contributed by atoms with Gasteiger partial charge in [0.05, 0.1) is 16.5 Å². The number of imidazole rings is 1. The van der Waals surface area contributed by atoms with E-state index in [4.69, 9.17) is 0 Å². The predicted octanol–water partition coefficient (Wildman–Crippen LogP) is 1.05. The summed E-state index contributed by atoms with van der Waals surface area (Å²) in [4.78, 5) is 14.4. The van der Waals surface area contributed by atoms with Crippen molar-refractivity contribution in [2.24, 2.45) is 0 Å². The van der Waals surface area contributed by atoms with Gasteiger partial charge in [-0.2, -0.15) is 0 Å². The summed E-state index contributed by atoms with van der Waals surface area (Å²) in [6.45, 7) is 0.0160. The van der Waals surface area contributed by atoms with Gasteiger partial charge in [0.15, 0.2) is 9.84 Å². The third kappa shape index (κ3) is 1.98. The monoisotopic (exact) mass is 284 g/mol. The summed E-state index contributed by atoms with van der Waals surface area (Å²) in [5.41, 5.74) is 0.0668. The first-order valence-corrected chi connectivity index (χ1v) is 7.79. The molecule has 0 spiro atoms. The normalized spacial score (nSPS) is 22.1. The average Bonchev–Trinajstić information content (AvgIpc) is 2.82. The summed E-state index contributed by atoms with van der Waals surface area (Å²) in [5.74, 6) is -0.372. The molecule has 3 rings (SSSR count). The van der Waals surface area contributed by atoms with E-state index in [0.717, 1.165) is 0 Å². The minimum Gasteiger partial charge on any atom is -0.305 e. The van der Waals surface area contributed by atoms with Crippen LogP contribution in [-0.4, -0.2) is 29.0 Å². The van der Waals surface area contributed by atoms with Gasteiger partial charge in [-0.3, -0.25) is 4.57 Å². The van der Waals surface area contributed by atoms with Crippen molar-refractivity contribution < 1.29 is 12.8 Å². The van der Waals surface area contributed by atoms with Gasteiger partial charge in [-0.05, 0) is 25.0 Å². The van der Waals surface area contributed by atoms with Crippen LogP contribution in [0, 0.1) is 5.82 Å². The molecule has 1 aliphatic heterocycles. The predicted molar refractivity (Wildman–Crippen MR) is 69.3 cm³/mol. The van der Waals surface area contributed by atoms with Crippen LogP contribution >= 0.6 is 0 Å².